The molecule has 0 fully saturated rings. The molecule has 0 heterocycles. The summed E-state index contributed by atoms with van der Waals surface area (Å²) in [6.45, 7) is 3.71. The molecule has 1 N–H and O–H groups in total. The number of unbranched alkanes of at least 4 members (excludes halogenated alkanes) is 6. The molecule has 0 aliphatic rings. The van der Waals surface area contributed by atoms with E-state index in [1.807, 2.05) is 18.2 Å². The summed E-state index contributed by atoms with van der Waals surface area (Å²) in [5, 5.41) is 0. The van der Waals surface area contributed by atoms with Crippen LogP contribution >= 0.6 is 0 Å². The van der Waals surface area contributed by atoms with Crippen molar-refractivity contribution in [3.63, 3.8) is 0 Å². The molecule has 1 aromatic carbocycles. The van der Waals surface area contributed by atoms with Crippen molar-refractivity contribution in [1.82, 2.24) is 0 Å². The van der Waals surface area contributed by atoms with Gasteiger partial charge in [-0.3, -0.25) is 4.55 Å². The molecule has 0 saturated carbocycles. The zero-order chi connectivity index (χ0) is 17.2. The Kier molecular flexibility index (Phi) is 8.63. The highest BCUT2D eigenvalue weighted by Gasteiger charge is 2.38. The molecule has 0 amide bonds. The Morgan fingerprint density at radius 2 is 1.57 bits per heavy atom. The normalized spacial score (nSPS) is 14.4. The third-order valence-electron chi connectivity index (χ3n) is 4.22. The second-order valence-corrected chi connectivity index (χ2v) is 8.33. The van der Waals surface area contributed by atoms with E-state index in [0.29, 0.717) is 12.2 Å². The molecule has 0 aromatic heterocycles. The molecule has 4 nitrogen and oxygen atoms in total. The quantitative estimate of drug-likeness (QED) is 0.435. The number of benzene rings is 1. The SMILES string of the molecule is CCCCCCCCCC(C)(COc1ccccc1)S(=O)(=O)O. The maximum Gasteiger partial charge on any atom is 0.273 e. The van der Waals surface area contributed by atoms with E-state index in [1.54, 1.807) is 19.1 Å². The van der Waals surface area contributed by atoms with E-state index in [2.05, 4.69) is 6.92 Å². The zero-order valence-electron chi connectivity index (χ0n) is 14.3. The van der Waals surface area contributed by atoms with Gasteiger partial charge in [0.25, 0.3) is 10.1 Å². The molecule has 0 saturated heterocycles. The van der Waals surface area contributed by atoms with E-state index in [9.17, 15) is 13.0 Å². The molecule has 0 aliphatic carbocycles. The molecule has 132 valence electrons. The summed E-state index contributed by atoms with van der Waals surface area (Å²) in [6.07, 6.45) is 8.19. The number of hydrogen-bond acceptors (Lipinski definition) is 3. The van der Waals surface area contributed by atoms with Gasteiger partial charge in [0.05, 0.1) is 0 Å². The lowest BCUT2D eigenvalue weighted by Gasteiger charge is -2.26. The summed E-state index contributed by atoms with van der Waals surface area (Å²) in [5.74, 6) is 0.613. The minimum Gasteiger partial charge on any atom is -0.492 e. The summed E-state index contributed by atoms with van der Waals surface area (Å²) in [5.41, 5.74) is 0. The lowest BCUT2D eigenvalue weighted by molar-refractivity contribution is 0.250. The maximum absolute atomic E-state index is 11.8. The number of rotatable bonds is 12. The van der Waals surface area contributed by atoms with Crippen molar-refractivity contribution < 1.29 is 17.7 Å². The van der Waals surface area contributed by atoms with E-state index in [4.69, 9.17) is 4.74 Å². The van der Waals surface area contributed by atoms with Gasteiger partial charge in [-0.1, -0.05) is 70.1 Å². The molecule has 1 atom stereocenters. The molecule has 1 aromatic rings. The summed E-state index contributed by atoms with van der Waals surface area (Å²) >= 11 is 0. The van der Waals surface area contributed by atoms with Gasteiger partial charge in [-0.25, -0.2) is 0 Å². The molecular weight excluding hydrogens is 312 g/mol. The topological polar surface area (TPSA) is 63.6 Å². The van der Waals surface area contributed by atoms with Crippen molar-refractivity contribution in [2.75, 3.05) is 6.61 Å². The standard InChI is InChI=1S/C18H30O4S/c1-3-4-5-6-7-8-12-15-18(2,23(19,20)21)16-22-17-13-10-9-11-14-17/h9-11,13-14H,3-8,12,15-16H2,1-2H3,(H,19,20,21). The first-order valence-corrected chi connectivity index (χ1v) is 9.98. The number of hydrogen-bond donors (Lipinski definition) is 1. The molecule has 0 spiro atoms. The summed E-state index contributed by atoms with van der Waals surface area (Å²) < 4.78 is 37.4. The first-order chi connectivity index (χ1) is 10.9. The van der Waals surface area contributed by atoms with Crippen LogP contribution in [0.3, 0.4) is 0 Å². The van der Waals surface area contributed by atoms with Crippen LogP contribution < -0.4 is 4.74 Å². The van der Waals surface area contributed by atoms with Crippen molar-refractivity contribution in [3.8, 4) is 5.75 Å². The maximum atomic E-state index is 11.8. The molecule has 0 bridgehead atoms. The van der Waals surface area contributed by atoms with Gasteiger partial charge < -0.3 is 4.74 Å². The van der Waals surface area contributed by atoms with Crippen LogP contribution in [0.1, 0.15) is 65.2 Å². The molecule has 1 unspecified atom stereocenters. The van der Waals surface area contributed by atoms with Crippen molar-refractivity contribution in [2.45, 2.75) is 70.0 Å². The van der Waals surface area contributed by atoms with E-state index in [1.165, 1.54) is 25.7 Å². The second-order valence-electron chi connectivity index (χ2n) is 6.40. The van der Waals surface area contributed by atoms with E-state index < -0.39 is 14.9 Å². The van der Waals surface area contributed by atoms with Crippen LogP contribution in [-0.4, -0.2) is 24.3 Å². The van der Waals surface area contributed by atoms with Crippen LogP contribution in [0.4, 0.5) is 0 Å². The third kappa shape index (κ3) is 7.36. The predicted octanol–water partition coefficient (Wildman–Crippen LogP) is 4.85. The first-order valence-electron chi connectivity index (χ1n) is 8.54. The third-order valence-corrected chi connectivity index (χ3v) is 5.79. The minimum atomic E-state index is -4.16. The van der Waals surface area contributed by atoms with E-state index in [0.717, 1.165) is 19.3 Å². The highest BCUT2D eigenvalue weighted by molar-refractivity contribution is 7.87. The lowest BCUT2D eigenvalue weighted by Crippen LogP contribution is -2.41. The van der Waals surface area contributed by atoms with Gasteiger partial charge in [-0.15, -0.1) is 0 Å². The Bertz CT molecular complexity index is 527. The average Bonchev–Trinajstić information content (AvgIpc) is 2.52. The molecule has 1 rings (SSSR count). The lowest BCUT2D eigenvalue weighted by atomic mass is 10.0. The van der Waals surface area contributed by atoms with Gasteiger partial charge in [-0.2, -0.15) is 8.42 Å². The fourth-order valence-electron chi connectivity index (χ4n) is 2.48. The van der Waals surface area contributed by atoms with Crippen LogP contribution in [0.25, 0.3) is 0 Å². The molecule has 5 heteroatoms. The van der Waals surface area contributed by atoms with Crippen molar-refractivity contribution in [1.29, 1.82) is 0 Å². The van der Waals surface area contributed by atoms with Gasteiger partial charge in [0, 0.05) is 0 Å². The first kappa shape index (κ1) is 20.0. The van der Waals surface area contributed by atoms with Crippen LogP contribution in [0.15, 0.2) is 30.3 Å². The Morgan fingerprint density at radius 1 is 1.00 bits per heavy atom. The molecule has 23 heavy (non-hydrogen) atoms. The van der Waals surface area contributed by atoms with E-state index in [-0.39, 0.29) is 6.61 Å². The number of ether oxygens (including phenoxy) is 1. The second kappa shape index (κ2) is 9.93. The highest BCUT2D eigenvalue weighted by Crippen LogP contribution is 2.25. The Morgan fingerprint density at radius 3 is 2.13 bits per heavy atom. The molecule has 0 radical (unpaired) electrons. The highest BCUT2D eigenvalue weighted by atomic mass is 32.2. The van der Waals surface area contributed by atoms with Crippen LogP contribution in [0.5, 0.6) is 5.75 Å². The zero-order valence-corrected chi connectivity index (χ0v) is 15.1. The van der Waals surface area contributed by atoms with Gasteiger partial charge in [0.1, 0.15) is 17.1 Å². The van der Waals surface area contributed by atoms with Crippen molar-refractivity contribution >= 4 is 10.1 Å². The van der Waals surface area contributed by atoms with Crippen LogP contribution in [0, 0.1) is 0 Å². The van der Waals surface area contributed by atoms with E-state index >= 15 is 0 Å². The van der Waals surface area contributed by atoms with Gasteiger partial charge in [0.15, 0.2) is 0 Å². The van der Waals surface area contributed by atoms with Gasteiger partial charge >= 0.3 is 0 Å². The number of para-hydroxylation sites is 1. The van der Waals surface area contributed by atoms with Crippen LogP contribution in [0.2, 0.25) is 0 Å². The van der Waals surface area contributed by atoms with Crippen molar-refractivity contribution in [2.24, 2.45) is 0 Å². The monoisotopic (exact) mass is 342 g/mol. The molecular formula is C18H30O4S. The molecule has 0 aliphatic heterocycles. The Balaban J connectivity index is 2.45. The summed E-state index contributed by atoms with van der Waals surface area (Å²) in [4.78, 5) is 0. The average molecular weight is 343 g/mol. The minimum absolute atomic E-state index is 0.0360. The van der Waals surface area contributed by atoms with Gasteiger partial charge in [-0.05, 0) is 25.5 Å². The fourth-order valence-corrected chi connectivity index (χ4v) is 3.09. The summed E-state index contributed by atoms with van der Waals surface area (Å²) in [6, 6.07) is 9.08. The van der Waals surface area contributed by atoms with Crippen molar-refractivity contribution in [3.05, 3.63) is 30.3 Å². The fraction of sp³-hybridized carbons (Fsp3) is 0.667. The summed E-state index contributed by atoms with van der Waals surface area (Å²) in [7, 11) is -4.16. The Labute approximate surface area is 141 Å². The van der Waals surface area contributed by atoms with Gasteiger partial charge in [0.2, 0.25) is 0 Å². The Hall–Kier alpha value is -1.07. The predicted molar refractivity (Wildman–Crippen MR) is 94.5 cm³/mol. The smallest absolute Gasteiger partial charge is 0.273 e. The largest absolute Gasteiger partial charge is 0.492 e. The van der Waals surface area contributed by atoms with Crippen LogP contribution in [-0.2, 0) is 10.1 Å².